The summed E-state index contributed by atoms with van der Waals surface area (Å²) in [6, 6.07) is 13.5. The van der Waals surface area contributed by atoms with Crippen LogP contribution in [-0.4, -0.2) is 24.7 Å². The van der Waals surface area contributed by atoms with Crippen molar-refractivity contribution >= 4 is 22.6 Å². The molecule has 0 saturated carbocycles. The summed E-state index contributed by atoms with van der Waals surface area (Å²) in [6.45, 7) is 0.340. The van der Waals surface area contributed by atoms with E-state index in [1.54, 1.807) is 23.3 Å². The highest BCUT2D eigenvalue weighted by atomic mass is 35.5. The Hall–Kier alpha value is -2.99. The van der Waals surface area contributed by atoms with Crippen molar-refractivity contribution in [1.82, 2.24) is 24.7 Å². The van der Waals surface area contributed by atoms with Gasteiger partial charge < -0.3 is 4.74 Å². The van der Waals surface area contributed by atoms with Gasteiger partial charge in [0.15, 0.2) is 5.65 Å². The number of halogens is 1. The standard InChI is InChI=1S/C17H12ClN5O/c18-17-21-15-14(10-20-23(15)13-6-2-1-3-7-13)16(22-17)24-11-12-5-4-8-19-9-12/h1-10H,11H2. The predicted octanol–water partition coefficient (Wildman–Crippen LogP) is 3.44. The van der Waals surface area contributed by atoms with Crippen molar-refractivity contribution in [1.29, 1.82) is 0 Å². The SMILES string of the molecule is Clc1nc(OCc2cccnc2)c2cnn(-c3ccccc3)c2n1. The lowest BCUT2D eigenvalue weighted by molar-refractivity contribution is 0.297. The molecule has 4 aromatic rings. The van der Waals surface area contributed by atoms with E-state index >= 15 is 0 Å². The summed E-state index contributed by atoms with van der Waals surface area (Å²) in [4.78, 5) is 12.5. The van der Waals surface area contributed by atoms with Crippen LogP contribution in [0.4, 0.5) is 0 Å². The fraction of sp³-hybridized carbons (Fsp3) is 0.0588. The van der Waals surface area contributed by atoms with Crippen LogP contribution >= 0.6 is 11.6 Å². The van der Waals surface area contributed by atoms with Gasteiger partial charge in [0, 0.05) is 18.0 Å². The second-order valence-electron chi connectivity index (χ2n) is 5.08. The normalized spacial score (nSPS) is 10.9. The summed E-state index contributed by atoms with van der Waals surface area (Å²) in [5, 5.41) is 5.20. The van der Waals surface area contributed by atoms with Crippen LogP contribution in [0.5, 0.6) is 5.88 Å². The number of para-hydroxylation sites is 1. The molecule has 0 saturated heterocycles. The zero-order valence-corrected chi connectivity index (χ0v) is 13.3. The second kappa shape index (κ2) is 6.25. The minimum absolute atomic E-state index is 0.112. The van der Waals surface area contributed by atoms with Gasteiger partial charge in [-0.2, -0.15) is 15.1 Å². The number of aromatic nitrogens is 5. The molecule has 24 heavy (non-hydrogen) atoms. The van der Waals surface area contributed by atoms with Crippen molar-refractivity contribution in [3.05, 3.63) is 71.9 Å². The lowest BCUT2D eigenvalue weighted by Gasteiger charge is -2.07. The van der Waals surface area contributed by atoms with Gasteiger partial charge >= 0.3 is 0 Å². The first kappa shape index (κ1) is 14.6. The molecule has 3 aromatic heterocycles. The van der Waals surface area contributed by atoms with Crippen molar-refractivity contribution in [2.75, 3.05) is 0 Å². The van der Waals surface area contributed by atoms with E-state index in [4.69, 9.17) is 16.3 Å². The molecular weight excluding hydrogens is 326 g/mol. The van der Waals surface area contributed by atoms with Crippen LogP contribution in [0.2, 0.25) is 5.28 Å². The Morgan fingerprint density at radius 1 is 1.00 bits per heavy atom. The van der Waals surface area contributed by atoms with E-state index in [2.05, 4.69) is 20.1 Å². The third-order valence-electron chi connectivity index (χ3n) is 3.47. The van der Waals surface area contributed by atoms with Crippen molar-refractivity contribution < 1.29 is 4.74 Å². The number of rotatable bonds is 4. The van der Waals surface area contributed by atoms with Crippen LogP contribution < -0.4 is 4.74 Å². The first-order valence-electron chi connectivity index (χ1n) is 7.29. The quantitative estimate of drug-likeness (QED) is 0.534. The van der Waals surface area contributed by atoms with Gasteiger partial charge in [0.05, 0.1) is 11.9 Å². The molecule has 0 fully saturated rings. The summed E-state index contributed by atoms with van der Waals surface area (Å²) >= 11 is 6.07. The van der Waals surface area contributed by atoms with Gasteiger partial charge in [-0.1, -0.05) is 24.3 Å². The Kier molecular flexibility index (Phi) is 3.80. The fourth-order valence-corrected chi connectivity index (χ4v) is 2.52. The van der Waals surface area contributed by atoms with Crippen LogP contribution in [0, 0.1) is 0 Å². The molecule has 0 radical (unpaired) electrons. The number of hydrogen-bond donors (Lipinski definition) is 0. The number of fused-ring (bicyclic) bond motifs is 1. The highest BCUT2D eigenvalue weighted by molar-refractivity contribution is 6.28. The van der Waals surface area contributed by atoms with Crippen LogP contribution in [0.25, 0.3) is 16.7 Å². The third-order valence-corrected chi connectivity index (χ3v) is 3.63. The zero-order chi connectivity index (χ0) is 16.4. The third kappa shape index (κ3) is 2.79. The summed E-state index contributed by atoms with van der Waals surface area (Å²) in [6.07, 6.45) is 5.14. The maximum Gasteiger partial charge on any atom is 0.229 e. The number of benzene rings is 1. The van der Waals surface area contributed by atoms with E-state index in [9.17, 15) is 0 Å². The van der Waals surface area contributed by atoms with E-state index in [-0.39, 0.29) is 5.28 Å². The van der Waals surface area contributed by atoms with Crippen LogP contribution in [-0.2, 0) is 6.61 Å². The minimum atomic E-state index is 0.112. The Balaban J connectivity index is 1.73. The lowest BCUT2D eigenvalue weighted by Crippen LogP contribution is -2.01. The molecule has 6 nitrogen and oxygen atoms in total. The molecule has 0 aliphatic rings. The average Bonchev–Trinajstić information content (AvgIpc) is 3.05. The molecule has 1 aromatic carbocycles. The molecule has 7 heteroatoms. The maximum absolute atomic E-state index is 6.07. The molecule has 118 valence electrons. The van der Waals surface area contributed by atoms with Crippen molar-refractivity contribution in [3.8, 4) is 11.6 Å². The lowest BCUT2D eigenvalue weighted by atomic mass is 10.3. The molecule has 0 aliphatic carbocycles. The average molecular weight is 338 g/mol. The number of hydrogen-bond acceptors (Lipinski definition) is 5. The molecule has 0 amide bonds. The Morgan fingerprint density at radius 2 is 1.88 bits per heavy atom. The molecule has 0 unspecified atom stereocenters. The molecule has 0 bridgehead atoms. The van der Waals surface area contributed by atoms with Crippen molar-refractivity contribution in [2.24, 2.45) is 0 Å². The highest BCUT2D eigenvalue weighted by Gasteiger charge is 2.14. The van der Waals surface area contributed by atoms with E-state index in [0.717, 1.165) is 11.3 Å². The van der Waals surface area contributed by atoms with E-state index in [0.29, 0.717) is 23.5 Å². The summed E-state index contributed by atoms with van der Waals surface area (Å²) in [5.74, 6) is 0.399. The van der Waals surface area contributed by atoms with E-state index in [1.807, 2.05) is 42.5 Å². The topological polar surface area (TPSA) is 65.7 Å². The van der Waals surface area contributed by atoms with Gasteiger partial charge in [-0.15, -0.1) is 0 Å². The summed E-state index contributed by atoms with van der Waals surface area (Å²) < 4.78 is 7.51. The molecular formula is C17H12ClN5O. The summed E-state index contributed by atoms with van der Waals surface area (Å²) in [5.41, 5.74) is 2.43. The molecule has 0 atom stereocenters. The number of pyridine rings is 1. The van der Waals surface area contributed by atoms with Crippen LogP contribution in [0.1, 0.15) is 5.56 Å². The monoisotopic (exact) mass is 337 g/mol. The predicted molar refractivity (Wildman–Crippen MR) is 90.2 cm³/mol. The molecule has 0 aliphatic heterocycles. The zero-order valence-electron chi connectivity index (χ0n) is 12.5. The molecule has 0 N–H and O–H groups in total. The summed E-state index contributed by atoms with van der Waals surface area (Å²) in [7, 11) is 0. The van der Waals surface area contributed by atoms with Gasteiger partial charge in [0.25, 0.3) is 0 Å². The van der Waals surface area contributed by atoms with Crippen molar-refractivity contribution in [3.63, 3.8) is 0 Å². The van der Waals surface area contributed by atoms with Gasteiger partial charge in [0.1, 0.15) is 12.0 Å². The molecule has 4 rings (SSSR count). The second-order valence-corrected chi connectivity index (χ2v) is 5.42. The number of nitrogens with zero attached hydrogens (tertiary/aromatic N) is 5. The highest BCUT2D eigenvalue weighted by Crippen LogP contribution is 2.26. The Bertz CT molecular complexity index is 972. The van der Waals surface area contributed by atoms with Gasteiger partial charge in [-0.05, 0) is 29.8 Å². The van der Waals surface area contributed by atoms with Gasteiger partial charge in [-0.25, -0.2) is 4.68 Å². The van der Waals surface area contributed by atoms with E-state index < -0.39 is 0 Å². The minimum Gasteiger partial charge on any atom is -0.472 e. The van der Waals surface area contributed by atoms with Gasteiger partial charge in [0.2, 0.25) is 11.2 Å². The molecule has 0 spiro atoms. The first-order valence-corrected chi connectivity index (χ1v) is 7.67. The van der Waals surface area contributed by atoms with Crippen LogP contribution in [0.3, 0.4) is 0 Å². The van der Waals surface area contributed by atoms with Gasteiger partial charge in [-0.3, -0.25) is 4.98 Å². The Labute approximate surface area is 142 Å². The van der Waals surface area contributed by atoms with E-state index in [1.165, 1.54) is 0 Å². The number of ether oxygens (including phenoxy) is 1. The first-order chi connectivity index (χ1) is 11.8. The fourth-order valence-electron chi connectivity index (χ4n) is 2.36. The maximum atomic E-state index is 6.07. The molecule has 3 heterocycles. The van der Waals surface area contributed by atoms with Crippen LogP contribution in [0.15, 0.2) is 61.1 Å². The Morgan fingerprint density at radius 3 is 2.67 bits per heavy atom. The van der Waals surface area contributed by atoms with Crippen molar-refractivity contribution in [2.45, 2.75) is 6.61 Å². The largest absolute Gasteiger partial charge is 0.472 e. The smallest absolute Gasteiger partial charge is 0.229 e.